The topological polar surface area (TPSA) is 73.1 Å². The molecule has 3 rings (SSSR count). The normalized spacial score (nSPS) is 16.0. The Morgan fingerprint density at radius 1 is 1.25 bits per heavy atom. The van der Waals surface area contributed by atoms with Gasteiger partial charge < -0.3 is 10.4 Å². The van der Waals surface area contributed by atoms with Gasteiger partial charge in [0.2, 0.25) is 0 Å². The first-order valence-corrected chi connectivity index (χ1v) is 7.78. The van der Waals surface area contributed by atoms with Gasteiger partial charge in [-0.25, -0.2) is 4.39 Å². The molecule has 0 bridgehead atoms. The number of aliphatic hydroxyl groups is 1. The van der Waals surface area contributed by atoms with Crippen LogP contribution in [-0.2, 0) is 5.41 Å². The van der Waals surface area contributed by atoms with Gasteiger partial charge in [0.05, 0.1) is 17.6 Å². The number of hydrogen-bond donors (Lipinski definition) is 2. The number of benzene rings is 2. The Balaban J connectivity index is 1.61. The fraction of sp³-hybridized carbons (Fsp3) is 0.263. The highest BCUT2D eigenvalue weighted by Gasteiger charge is 2.44. The Labute approximate surface area is 139 Å². The Morgan fingerprint density at radius 3 is 2.50 bits per heavy atom. The minimum absolute atomic E-state index is 0.0797. The fourth-order valence-electron chi connectivity index (χ4n) is 2.68. The summed E-state index contributed by atoms with van der Waals surface area (Å²) < 4.78 is 13.6. The van der Waals surface area contributed by atoms with Crippen LogP contribution < -0.4 is 5.32 Å². The van der Waals surface area contributed by atoms with Crippen LogP contribution in [0.5, 0.6) is 0 Å². The summed E-state index contributed by atoms with van der Waals surface area (Å²) in [5, 5.41) is 21.8. The lowest BCUT2D eigenvalue weighted by atomic mass is 9.96. The van der Waals surface area contributed by atoms with E-state index >= 15 is 0 Å². The zero-order valence-electron chi connectivity index (χ0n) is 13.0. The third-order valence-corrected chi connectivity index (χ3v) is 4.38. The van der Waals surface area contributed by atoms with Crippen LogP contribution in [0.25, 0.3) is 0 Å². The third kappa shape index (κ3) is 3.15. The van der Waals surface area contributed by atoms with Crippen molar-refractivity contribution >= 4 is 5.91 Å². The minimum Gasteiger partial charge on any atom is -0.386 e. The number of rotatable bonds is 5. The number of nitrogens with one attached hydrogen (secondary N) is 1. The van der Waals surface area contributed by atoms with Gasteiger partial charge in [-0.1, -0.05) is 30.3 Å². The second kappa shape index (κ2) is 6.42. The lowest BCUT2D eigenvalue weighted by Crippen LogP contribution is -2.28. The lowest BCUT2D eigenvalue weighted by molar-refractivity contribution is 0.0914. The predicted molar refractivity (Wildman–Crippen MR) is 86.7 cm³/mol. The molecule has 1 atom stereocenters. The van der Waals surface area contributed by atoms with Crippen LogP contribution in [0.4, 0.5) is 4.39 Å². The number of amides is 1. The molecule has 24 heavy (non-hydrogen) atoms. The van der Waals surface area contributed by atoms with Gasteiger partial charge in [-0.15, -0.1) is 0 Å². The van der Waals surface area contributed by atoms with E-state index < -0.39 is 11.9 Å². The maximum atomic E-state index is 13.6. The Hall–Kier alpha value is -2.71. The summed E-state index contributed by atoms with van der Waals surface area (Å²) >= 11 is 0. The van der Waals surface area contributed by atoms with E-state index in [1.54, 1.807) is 36.4 Å². The Morgan fingerprint density at radius 2 is 1.92 bits per heavy atom. The van der Waals surface area contributed by atoms with Crippen molar-refractivity contribution in [3.05, 3.63) is 71.0 Å². The molecule has 0 heterocycles. The lowest BCUT2D eigenvalue weighted by Gasteiger charge is -2.13. The number of nitriles is 1. The molecule has 1 aliphatic carbocycles. The van der Waals surface area contributed by atoms with Crippen LogP contribution in [0.1, 0.15) is 40.4 Å². The number of carbonyl (C=O) groups is 1. The first kappa shape index (κ1) is 16.2. The summed E-state index contributed by atoms with van der Waals surface area (Å²) in [6.07, 6.45) is 0.594. The van der Waals surface area contributed by atoms with Crippen LogP contribution in [0, 0.1) is 17.1 Å². The van der Waals surface area contributed by atoms with E-state index in [0.717, 1.165) is 18.4 Å². The smallest absolute Gasteiger partial charge is 0.251 e. The van der Waals surface area contributed by atoms with Gasteiger partial charge in [-0.3, -0.25) is 4.79 Å². The quantitative estimate of drug-likeness (QED) is 0.888. The molecule has 122 valence electrons. The molecule has 1 saturated carbocycles. The minimum atomic E-state index is -1.11. The fourth-order valence-corrected chi connectivity index (χ4v) is 2.68. The Bertz CT molecular complexity index is 792. The Kier molecular flexibility index (Phi) is 4.32. The molecule has 0 aromatic heterocycles. The van der Waals surface area contributed by atoms with Crippen LogP contribution in [0.15, 0.2) is 48.5 Å². The average molecular weight is 324 g/mol. The van der Waals surface area contributed by atoms with E-state index in [4.69, 9.17) is 0 Å². The van der Waals surface area contributed by atoms with Gasteiger partial charge in [-0.2, -0.15) is 5.26 Å². The van der Waals surface area contributed by atoms with Crippen molar-refractivity contribution < 1.29 is 14.3 Å². The zero-order valence-corrected chi connectivity index (χ0v) is 13.0. The molecule has 4 nitrogen and oxygen atoms in total. The monoisotopic (exact) mass is 324 g/mol. The summed E-state index contributed by atoms with van der Waals surface area (Å²) in [5.74, 6) is -0.853. The van der Waals surface area contributed by atoms with Crippen molar-refractivity contribution in [3.63, 3.8) is 0 Å². The third-order valence-electron chi connectivity index (χ3n) is 4.38. The SMILES string of the molecule is N#CC1(c2ccc(C(=O)NCC(O)c3ccccc3F)cc2)CC1. The van der Waals surface area contributed by atoms with Crippen molar-refractivity contribution in [1.29, 1.82) is 5.26 Å². The standard InChI is InChI=1S/C19H17FN2O2/c20-16-4-2-1-3-15(16)17(23)11-22-18(24)13-5-7-14(8-6-13)19(12-21)9-10-19/h1-8,17,23H,9-11H2,(H,22,24). The van der Waals surface area contributed by atoms with Gasteiger partial charge in [-0.05, 0) is 36.6 Å². The van der Waals surface area contributed by atoms with E-state index in [2.05, 4.69) is 11.4 Å². The van der Waals surface area contributed by atoms with Gasteiger partial charge in [0.1, 0.15) is 5.82 Å². The highest BCUT2D eigenvalue weighted by atomic mass is 19.1. The van der Waals surface area contributed by atoms with E-state index in [-0.39, 0.29) is 23.4 Å². The van der Waals surface area contributed by atoms with Gasteiger partial charge in [0.15, 0.2) is 0 Å². The number of carbonyl (C=O) groups excluding carboxylic acids is 1. The van der Waals surface area contributed by atoms with E-state index in [1.165, 1.54) is 12.1 Å². The summed E-state index contributed by atoms with van der Waals surface area (Å²) in [5.41, 5.74) is 1.13. The number of nitrogens with zero attached hydrogens (tertiary/aromatic N) is 1. The van der Waals surface area contributed by atoms with Crippen LogP contribution in [-0.4, -0.2) is 17.6 Å². The largest absolute Gasteiger partial charge is 0.386 e. The summed E-state index contributed by atoms with van der Waals surface area (Å²) in [4.78, 5) is 12.1. The molecule has 0 spiro atoms. The van der Waals surface area contributed by atoms with Crippen molar-refractivity contribution in [2.75, 3.05) is 6.54 Å². The zero-order chi connectivity index (χ0) is 17.2. The van der Waals surface area contributed by atoms with Gasteiger partial charge in [0.25, 0.3) is 5.91 Å². The van der Waals surface area contributed by atoms with Crippen molar-refractivity contribution in [3.8, 4) is 6.07 Å². The molecular weight excluding hydrogens is 307 g/mol. The van der Waals surface area contributed by atoms with E-state index in [0.29, 0.717) is 5.56 Å². The summed E-state index contributed by atoms with van der Waals surface area (Å²) in [6.45, 7) is -0.0797. The number of aliphatic hydroxyl groups excluding tert-OH is 1. The maximum Gasteiger partial charge on any atom is 0.251 e. The van der Waals surface area contributed by atoms with Crippen LogP contribution in [0.3, 0.4) is 0 Å². The molecule has 0 radical (unpaired) electrons. The van der Waals surface area contributed by atoms with Gasteiger partial charge in [0, 0.05) is 17.7 Å². The molecule has 5 heteroatoms. The number of hydrogen-bond acceptors (Lipinski definition) is 3. The summed E-state index contributed by atoms with van der Waals surface area (Å²) in [6, 6.07) is 15.1. The molecule has 2 aromatic carbocycles. The number of halogens is 1. The molecule has 1 aliphatic rings. The molecular formula is C19H17FN2O2. The van der Waals surface area contributed by atoms with E-state index in [1.807, 2.05) is 0 Å². The van der Waals surface area contributed by atoms with Crippen molar-refractivity contribution in [2.24, 2.45) is 0 Å². The van der Waals surface area contributed by atoms with Crippen LogP contribution >= 0.6 is 0 Å². The first-order valence-electron chi connectivity index (χ1n) is 7.78. The molecule has 0 aliphatic heterocycles. The predicted octanol–water partition coefficient (Wildman–Crippen LogP) is 2.84. The van der Waals surface area contributed by atoms with Crippen molar-refractivity contribution in [1.82, 2.24) is 5.32 Å². The second-order valence-corrected chi connectivity index (χ2v) is 6.02. The van der Waals surface area contributed by atoms with Crippen molar-refractivity contribution in [2.45, 2.75) is 24.4 Å². The molecule has 1 fully saturated rings. The highest BCUT2D eigenvalue weighted by molar-refractivity contribution is 5.94. The van der Waals surface area contributed by atoms with E-state index in [9.17, 15) is 19.6 Å². The molecule has 1 amide bonds. The van der Waals surface area contributed by atoms with Gasteiger partial charge >= 0.3 is 0 Å². The molecule has 2 aromatic rings. The van der Waals surface area contributed by atoms with Crippen LogP contribution in [0.2, 0.25) is 0 Å². The molecule has 1 unspecified atom stereocenters. The summed E-state index contributed by atoms with van der Waals surface area (Å²) in [7, 11) is 0. The highest BCUT2D eigenvalue weighted by Crippen LogP contribution is 2.47. The first-order chi connectivity index (χ1) is 11.6. The molecule has 2 N–H and O–H groups in total. The second-order valence-electron chi connectivity index (χ2n) is 6.02. The molecule has 0 saturated heterocycles. The average Bonchev–Trinajstić information content (AvgIpc) is 3.41. The maximum absolute atomic E-state index is 13.6.